The van der Waals surface area contributed by atoms with E-state index in [-0.39, 0.29) is 35.0 Å². The molecule has 1 atom stereocenters. The van der Waals surface area contributed by atoms with Crippen LogP contribution in [0.1, 0.15) is 33.1 Å². The first-order valence-corrected chi connectivity index (χ1v) is 11.6. The fourth-order valence-corrected chi connectivity index (χ4v) is 5.31. The number of carbonyl (C=O) groups excluding carboxylic acids is 2. The van der Waals surface area contributed by atoms with Gasteiger partial charge in [0.05, 0.1) is 26.6 Å². The predicted octanol–water partition coefficient (Wildman–Crippen LogP) is 3.19. The van der Waals surface area contributed by atoms with E-state index in [0.717, 1.165) is 36.0 Å². The third kappa shape index (κ3) is 5.05. The molecule has 3 rings (SSSR count). The van der Waals surface area contributed by atoms with Gasteiger partial charge in [0.25, 0.3) is 11.6 Å². The summed E-state index contributed by atoms with van der Waals surface area (Å²) in [6.07, 6.45) is 3.23. The van der Waals surface area contributed by atoms with Crippen LogP contribution in [0.5, 0.6) is 0 Å². The van der Waals surface area contributed by atoms with Crippen LogP contribution in [-0.2, 0) is 16.1 Å². The number of benzene rings is 1. The van der Waals surface area contributed by atoms with E-state index in [1.165, 1.54) is 35.2 Å². The molecule has 1 aromatic heterocycles. The molecule has 1 aliphatic heterocycles. The molecule has 10 heteroatoms. The molecule has 2 heterocycles. The molecule has 0 radical (unpaired) electrons. The van der Waals surface area contributed by atoms with E-state index in [0.29, 0.717) is 11.3 Å². The standard InChI is InChI=1S/C19H24N4O4S2/c1-3-21-15-8-7-14(23(26)27)10-16(15)29-19(21)20-17(24)11-28-12-18(25)22-9-5-4-6-13(22)2/h7-8,10,13H,3-6,9,11-12H2,1-2H3. The molecule has 1 unspecified atom stereocenters. The molecule has 2 amide bonds. The zero-order valence-corrected chi connectivity index (χ0v) is 18.1. The number of thioether (sulfide) groups is 1. The Balaban J connectivity index is 1.67. The average Bonchev–Trinajstić information content (AvgIpc) is 3.04. The maximum absolute atomic E-state index is 12.4. The topological polar surface area (TPSA) is 97.8 Å². The summed E-state index contributed by atoms with van der Waals surface area (Å²) in [6.45, 7) is 5.40. The maximum atomic E-state index is 12.4. The van der Waals surface area contributed by atoms with Crippen molar-refractivity contribution in [3.05, 3.63) is 33.1 Å². The van der Waals surface area contributed by atoms with Crippen molar-refractivity contribution in [3.63, 3.8) is 0 Å². The first-order chi connectivity index (χ1) is 13.9. The first-order valence-electron chi connectivity index (χ1n) is 9.63. The summed E-state index contributed by atoms with van der Waals surface area (Å²) in [5.41, 5.74) is 0.831. The highest BCUT2D eigenvalue weighted by Crippen LogP contribution is 2.23. The molecule has 29 heavy (non-hydrogen) atoms. The van der Waals surface area contributed by atoms with Crippen molar-refractivity contribution in [2.75, 3.05) is 18.1 Å². The lowest BCUT2D eigenvalue weighted by Gasteiger charge is -2.33. The van der Waals surface area contributed by atoms with E-state index >= 15 is 0 Å². The summed E-state index contributed by atoms with van der Waals surface area (Å²) < 4.78 is 2.59. The van der Waals surface area contributed by atoms with Gasteiger partial charge in [0.15, 0.2) is 4.80 Å². The normalized spacial score (nSPS) is 17.7. The number of carbonyl (C=O) groups is 2. The van der Waals surface area contributed by atoms with Gasteiger partial charge >= 0.3 is 0 Å². The van der Waals surface area contributed by atoms with Crippen molar-refractivity contribution in [1.82, 2.24) is 9.47 Å². The fraction of sp³-hybridized carbons (Fsp3) is 0.526. The van der Waals surface area contributed by atoms with E-state index in [9.17, 15) is 19.7 Å². The number of piperidine rings is 1. The molecule has 2 aromatic rings. The Bertz CT molecular complexity index is 998. The summed E-state index contributed by atoms with van der Waals surface area (Å²) >= 11 is 2.54. The number of nitro groups is 1. The number of likely N-dealkylation sites (tertiary alicyclic amines) is 1. The second kappa shape index (κ2) is 9.53. The van der Waals surface area contributed by atoms with E-state index in [1.807, 2.05) is 16.4 Å². The van der Waals surface area contributed by atoms with Gasteiger partial charge in [-0.2, -0.15) is 4.99 Å². The van der Waals surface area contributed by atoms with Crippen molar-refractivity contribution in [2.24, 2.45) is 4.99 Å². The van der Waals surface area contributed by atoms with Gasteiger partial charge < -0.3 is 9.47 Å². The lowest BCUT2D eigenvalue weighted by atomic mass is 10.0. The number of aryl methyl sites for hydroxylation is 1. The molecular weight excluding hydrogens is 412 g/mol. The van der Waals surface area contributed by atoms with Gasteiger partial charge in [-0.05, 0) is 39.2 Å². The van der Waals surface area contributed by atoms with Crippen molar-refractivity contribution in [1.29, 1.82) is 0 Å². The quantitative estimate of drug-likeness (QED) is 0.512. The van der Waals surface area contributed by atoms with Crippen LogP contribution in [0.15, 0.2) is 23.2 Å². The second-order valence-electron chi connectivity index (χ2n) is 6.97. The Morgan fingerprint density at radius 1 is 1.34 bits per heavy atom. The first kappa shape index (κ1) is 21.5. The summed E-state index contributed by atoms with van der Waals surface area (Å²) in [6, 6.07) is 4.91. The number of non-ortho nitro benzene ring substituents is 1. The number of fused-ring (bicyclic) bond motifs is 1. The van der Waals surface area contributed by atoms with Crippen LogP contribution in [0.2, 0.25) is 0 Å². The van der Waals surface area contributed by atoms with Crippen LogP contribution in [0.3, 0.4) is 0 Å². The van der Waals surface area contributed by atoms with Gasteiger partial charge in [0.2, 0.25) is 5.91 Å². The predicted molar refractivity (Wildman–Crippen MR) is 115 cm³/mol. The van der Waals surface area contributed by atoms with Crippen LogP contribution in [0, 0.1) is 10.1 Å². The number of aromatic nitrogens is 1. The monoisotopic (exact) mass is 436 g/mol. The third-order valence-corrected chi connectivity index (χ3v) is 6.93. The van der Waals surface area contributed by atoms with E-state index in [4.69, 9.17) is 0 Å². The molecule has 0 N–H and O–H groups in total. The number of nitro benzene ring substituents is 1. The highest BCUT2D eigenvalue weighted by atomic mass is 32.2. The van der Waals surface area contributed by atoms with Crippen molar-refractivity contribution in [2.45, 2.75) is 45.7 Å². The minimum absolute atomic E-state index is 0.0147. The van der Waals surface area contributed by atoms with Crippen molar-refractivity contribution in [3.8, 4) is 0 Å². The Morgan fingerprint density at radius 2 is 2.14 bits per heavy atom. The Hall–Kier alpha value is -2.20. The zero-order chi connectivity index (χ0) is 21.0. The second-order valence-corrected chi connectivity index (χ2v) is 8.96. The van der Waals surface area contributed by atoms with Crippen LogP contribution in [0.4, 0.5) is 5.69 Å². The molecule has 1 fully saturated rings. The van der Waals surface area contributed by atoms with Gasteiger partial charge in [-0.3, -0.25) is 19.7 Å². The number of amides is 2. The van der Waals surface area contributed by atoms with Gasteiger partial charge in [0, 0.05) is 31.3 Å². The van der Waals surface area contributed by atoms with Crippen LogP contribution < -0.4 is 4.80 Å². The van der Waals surface area contributed by atoms with Crippen LogP contribution >= 0.6 is 23.1 Å². The highest BCUT2D eigenvalue weighted by Gasteiger charge is 2.23. The van der Waals surface area contributed by atoms with E-state index in [1.54, 1.807) is 6.07 Å². The summed E-state index contributed by atoms with van der Waals surface area (Å²) in [7, 11) is 0. The van der Waals surface area contributed by atoms with Crippen LogP contribution in [-0.4, -0.2) is 50.3 Å². The summed E-state index contributed by atoms with van der Waals surface area (Å²) in [5, 5.41) is 11.0. The Labute approximate surface area is 176 Å². The van der Waals surface area contributed by atoms with Crippen LogP contribution in [0.25, 0.3) is 10.2 Å². The molecule has 1 saturated heterocycles. The van der Waals surface area contributed by atoms with Crippen molar-refractivity contribution >= 4 is 50.8 Å². The van der Waals surface area contributed by atoms with Gasteiger partial charge in [0.1, 0.15) is 0 Å². The molecular formula is C19H24N4O4S2. The Morgan fingerprint density at radius 3 is 2.83 bits per heavy atom. The molecule has 1 aliphatic rings. The molecule has 0 bridgehead atoms. The number of hydrogen-bond acceptors (Lipinski definition) is 6. The number of hydrogen-bond donors (Lipinski definition) is 0. The van der Waals surface area contributed by atoms with E-state index < -0.39 is 4.92 Å². The largest absolute Gasteiger partial charge is 0.339 e. The molecule has 0 saturated carbocycles. The van der Waals surface area contributed by atoms with E-state index in [2.05, 4.69) is 11.9 Å². The van der Waals surface area contributed by atoms with Crippen molar-refractivity contribution < 1.29 is 14.5 Å². The number of nitrogens with zero attached hydrogens (tertiary/aromatic N) is 4. The number of thiazole rings is 1. The lowest BCUT2D eigenvalue weighted by molar-refractivity contribution is -0.384. The number of rotatable bonds is 6. The summed E-state index contributed by atoms with van der Waals surface area (Å²) in [4.78, 5) is 41.8. The molecule has 0 aliphatic carbocycles. The smallest absolute Gasteiger partial charge is 0.270 e. The molecule has 0 spiro atoms. The minimum Gasteiger partial charge on any atom is -0.339 e. The van der Waals surface area contributed by atoms with Gasteiger partial charge in [-0.15, -0.1) is 11.8 Å². The van der Waals surface area contributed by atoms with Gasteiger partial charge in [-0.25, -0.2) is 0 Å². The Kier molecular flexibility index (Phi) is 7.07. The average molecular weight is 437 g/mol. The molecule has 156 valence electrons. The zero-order valence-electron chi connectivity index (χ0n) is 16.5. The minimum atomic E-state index is -0.436. The highest BCUT2D eigenvalue weighted by molar-refractivity contribution is 8.00. The van der Waals surface area contributed by atoms with Gasteiger partial charge in [-0.1, -0.05) is 11.3 Å². The third-order valence-electron chi connectivity index (χ3n) is 4.99. The lowest BCUT2D eigenvalue weighted by Crippen LogP contribution is -2.43. The molecule has 1 aromatic carbocycles. The maximum Gasteiger partial charge on any atom is 0.270 e. The fourth-order valence-electron chi connectivity index (χ4n) is 3.48. The SMILES string of the molecule is CCn1c(=NC(=O)CSCC(=O)N2CCCCC2C)sc2cc([N+](=O)[O-])ccc21. The molecule has 8 nitrogen and oxygen atoms in total. The summed E-state index contributed by atoms with van der Waals surface area (Å²) in [5.74, 6) is 0.176.